The van der Waals surface area contributed by atoms with Crippen LogP contribution in [0.5, 0.6) is 0 Å². The highest BCUT2D eigenvalue weighted by Crippen LogP contribution is 2.23. The zero-order valence-corrected chi connectivity index (χ0v) is 10.6. The van der Waals surface area contributed by atoms with Crippen molar-refractivity contribution in [2.75, 3.05) is 13.1 Å². The van der Waals surface area contributed by atoms with Gasteiger partial charge in [-0.3, -0.25) is 4.79 Å². The molecule has 1 aliphatic rings. The van der Waals surface area contributed by atoms with E-state index in [2.05, 4.69) is 22.9 Å². The van der Waals surface area contributed by atoms with E-state index in [-0.39, 0.29) is 11.7 Å². The van der Waals surface area contributed by atoms with Crippen molar-refractivity contribution >= 4 is 21.8 Å². The Kier molecular flexibility index (Phi) is 3.28. The molecule has 1 saturated heterocycles. The van der Waals surface area contributed by atoms with Crippen molar-refractivity contribution in [3.63, 3.8) is 0 Å². The summed E-state index contributed by atoms with van der Waals surface area (Å²) in [6.45, 7) is 3.65. The standard InChI is InChI=1S/C12H13BrFNO/c1-8-4-5-15(7-8)12(16)10-6-9(14)2-3-11(10)13/h2-3,6,8H,4-5,7H2,1H3. The van der Waals surface area contributed by atoms with E-state index in [1.54, 1.807) is 11.0 Å². The molecule has 2 rings (SSSR count). The molecule has 0 bridgehead atoms. The average Bonchev–Trinajstić information content (AvgIpc) is 2.67. The van der Waals surface area contributed by atoms with Gasteiger partial charge in [-0.05, 0) is 46.5 Å². The van der Waals surface area contributed by atoms with E-state index in [9.17, 15) is 9.18 Å². The Morgan fingerprint density at radius 1 is 1.56 bits per heavy atom. The predicted molar refractivity (Wildman–Crippen MR) is 63.8 cm³/mol. The van der Waals surface area contributed by atoms with Gasteiger partial charge in [-0.2, -0.15) is 0 Å². The number of halogens is 2. The van der Waals surface area contributed by atoms with Crippen LogP contribution in [-0.2, 0) is 0 Å². The maximum Gasteiger partial charge on any atom is 0.255 e. The molecule has 0 spiro atoms. The molecule has 1 atom stereocenters. The summed E-state index contributed by atoms with van der Waals surface area (Å²) in [5.74, 6) is 0.0748. The zero-order valence-electron chi connectivity index (χ0n) is 9.04. The molecule has 4 heteroatoms. The largest absolute Gasteiger partial charge is 0.338 e. The van der Waals surface area contributed by atoms with Crippen molar-refractivity contribution in [1.29, 1.82) is 0 Å². The molecule has 2 nitrogen and oxygen atoms in total. The van der Waals surface area contributed by atoms with Crippen molar-refractivity contribution in [2.45, 2.75) is 13.3 Å². The quantitative estimate of drug-likeness (QED) is 0.777. The first-order chi connectivity index (χ1) is 7.58. The summed E-state index contributed by atoms with van der Waals surface area (Å²) in [6.07, 6.45) is 1.03. The average molecular weight is 286 g/mol. The summed E-state index contributed by atoms with van der Waals surface area (Å²) < 4.78 is 13.7. The van der Waals surface area contributed by atoms with E-state index in [1.807, 2.05) is 0 Å². The van der Waals surface area contributed by atoms with Gasteiger partial charge >= 0.3 is 0 Å². The summed E-state index contributed by atoms with van der Waals surface area (Å²) in [5, 5.41) is 0. The lowest BCUT2D eigenvalue weighted by Gasteiger charge is -2.16. The molecule has 86 valence electrons. The first-order valence-electron chi connectivity index (χ1n) is 5.32. The highest BCUT2D eigenvalue weighted by atomic mass is 79.9. The zero-order chi connectivity index (χ0) is 11.7. The maximum atomic E-state index is 13.1. The molecule has 1 amide bonds. The number of hydrogen-bond acceptors (Lipinski definition) is 1. The van der Waals surface area contributed by atoms with Crippen molar-refractivity contribution in [3.8, 4) is 0 Å². The van der Waals surface area contributed by atoms with Crippen LogP contribution < -0.4 is 0 Å². The number of carbonyl (C=O) groups excluding carboxylic acids is 1. The second-order valence-electron chi connectivity index (χ2n) is 4.27. The SMILES string of the molecule is CC1CCN(C(=O)c2cc(F)ccc2Br)C1. The summed E-state index contributed by atoms with van der Waals surface area (Å²) in [4.78, 5) is 13.9. The molecule has 1 unspecified atom stereocenters. The lowest BCUT2D eigenvalue weighted by molar-refractivity contribution is 0.0786. The van der Waals surface area contributed by atoms with Crippen LogP contribution >= 0.6 is 15.9 Å². The molecule has 1 aromatic rings. The molecular formula is C12H13BrFNO. The van der Waals surface area contributed by atoms with E-state index >= 15 is 0 Å². The van der Waals surface area contributed by atoms with E-state index in [4.69, 9.17) is 0 Å². The molecule has 1 aromatic carbocycles. The van der Waals surface area contributed by atoms with E-state index in [0.29, 0.717) is 16.0 Å². The molecule has 0 saturated carbocycles. The van der Waals surface area contributed by atoms with Crippen LogP contribution in [0.25, 0.3) is 0 Å². The van der Waals surface area contributed by atoms with Gasteiger partial charge in [0.05, 0.1) is 5.56 Å². The number of amides is 1. The van der Waals surface area contributed by atoms with Crippen LogP contribution in [-0.4, -0.2) is 23.9 Å². The minimum Gasteiger partial charge on any atom is -0.338 e. The van der Waals surface area contributed by atoms with Gasteiger partial charge in [0.25, 0.3) is 5.91 Å². The molecule has 0 aliphatic carbocycles. The van der Waals surface area contributed by atoms with Gasteiger partial charge in [0.15, 0.2) is 0 Å². The van der Waals surface area contributed by atoms with E-state index in [0.717, 1.165) is 19.5 Å². The van der Waals surface area contributed by atoms with E-state index in [1.165, 1.54) is 12.1 Å². The van der Waals surface area contributed by atoms with Gasteiger partial charge in [0, 0.05) is 17.6 Å². The summed E-state index contributed by atoms with van der Waals surface area (Å²) in [7, 11) is 0. The Labute approximate surface area is 103 Å². The van der Waals surface area contributed by atoms with Crippen molar-refractivity contribution in [1.82, 2.24) is 4.90 Å². The van der Waals surface area contributed by atoms with Crippen LogP contribution in [0.2, 0.25) is 0 Å². The maximum absolute atomic E-state index is 13.1. The molecule has 1 fully saturated rings. The smallest absolute Gasteiger partial charge is 0.255 e. The van der Waals surface area contributed by atoms with Gasteiger partial charge in [-0.25, -0.2) is 4.39 Å². The fraction of sp³-hybridized carbons (Fsp3) is 0.417. The molecule has 1 heterocycles. The summed E-state index contributed by atoms with van der Waals surface area (Å²) in [6, 6.07) is 4.20. The molecule has 1 aliphatic heterocycles. The fourth-order valence-corrected chi connectivity index (χ4v) is 2.37. The Hall–Kier alpha value is -0.900. The normalized spacial score (nSPS) is 20.2. The summed E-state index contributed by atoms with van der Waals surface area (Å²) >= 11 is 3.28. The minimum absolute atomic E-state index is 0.0873. The minimum atomic E-state index is -0.376. The highest BCUT2D eigenvalue weighted by Gasteiger charge is 2.25. The highest BCUT2D eigenvalue weighted by molar-refractivity contribution is 9.10. The Bertz CT molecular complexity index is 421. The van der Waals surface area contributed by atoms with Crippen LogP contribution in [0.15, 0.2) is 22.7 Å². The number of carbonyl (C=O) groups is 1. The first kappa shape index (κ1) is 11.6. The topological polar surface area (TPSA) is 20.3 Å². The van der Waals surface area contributed by atoms with Crippen LogP contribution in [0, 0.1) is 11.7 Å². The third kappa shape index (κ3) is 2.26. The fourth-order valence-electron chi connectivity index (χ4n) is 1.95. The van der Waals surface area contributed by atoms with Gasteiger partial charge in [0.1, 0.15) is 5.82 Å². The third-order valence-corrected chi connectivity index (χ3v) is 3.56. The lowest BCUT2D eigenvalue weighted by Crippen LogP contribution is -2.28. The second kappa shape index (κ2) is 4.53. The van der Waals surface area contributed by atoms with Crippen LogP contribution in [0.4, 0.5) is 4.39 Å². The number of nitrogens with zero attached hydrogens (tertiary/aromatic N) is 1. The molecule has 0 radical (unpaired) electrons. The number of hydrogen-bond donors (Lipinski definition) is 0. The Balaban J connectivity index is 2.23. The predicted octanol–water partition coefficient (Wildman–Crippen LogP) is 3.07. The van der Waals surface area contributed by atoms with Gasteiger partial charge in [-0.15, -0.1) is 0 Å². The molecular weight excluding hydrogens is 273 g/mol. The van der Waals surface area contributed by atoms with Crippen LogP contribution in [0.1, 0.15) is 23.7 Å². The number of benzene rings is 1. The first-order valence-corrected chi connectivity index (χ1v) is 6.11. The van der Waals surface area contributed by atoms with Gasteiger partial charge < -0.3 is 4.90 Å². The van der Waals surface area contributed by atoms with E-state index < -0.39 is 0 Å². The number of rotatable bonds is 1. The van der Waals surface area contributed by atoms with Crippen molar-refractivity contribution in [3.05, 3.63) is 34.1 Å². The van der Waals surface area contributed by atoms with Crippen LogP contribution in [0.3, 0.4) is 0 Å². The van der Waals surface area contributed by atoms with Gasteiger partial charge in [0.2, 0.25) is 0 Å². The molecule has 16 heavy (non-hydrogen) atoms. The number of likely N-dealkylation sites (tertiary alicyclic amines) is 1. The monoisotopic (exact) mass is 285 g/mol. The molecule has 0 N–H and O–H groups in total. The second-order valence-corrected chi connectivity index (χ2v) is 5.12. The van der Waals surface area contributed by atoms with Crippen molar-refractivity contribution in [2.24, 2.45) is 5.92 Å². The Morgan fingerprint density at radius 2 is 2.31 bits per heavy atom. The third-order valence-electron chi connectivity index (χ3n) is 2.87. The Morgan fingerprint density at radius 3 is 2.94 bits per heavy atom. The van der Waals surface area contributed by atoms with Crippen molar-refractivity contribution < 1.29 is 9.18 Å². The lowest BCUT2D eigenvalue weighted by atomic mass is 10.2. The van der Waals surface area contributed by atoms with Gasteiger partial charge in [-0.1, -0.05) is 6.92 Å². The molecule has 0 aromatic heterocycles. The summed E-state index contributed by atoms with van der Waals surface area (Å²) in [5.41, 5.74) is 0.411.